The van der Waals surface area contributed by atoms with Gasteiger partial charge in [0, 0.05) is 11.3 Å². The molecule has 9 heteroatoms. The molecule has 0 fully saturated rings. The minimum atomic E-state index is -1.00. The van der Waals surface area contributed by atoms with Gasteiger partial charge in [0.15, 0.2) is 11.5 Å². The number of anilines is 1. The number of aromatic hydroxyl groups is 1. The molecule has 0 aliphatic rings. The van der Waals surface area contributed by atoms with Gasteiger partial charge in [0.05, 0.1) is 25.0 Å². The van der Waals surface area contributed by atoms with E-state index in [1.54, 1.807) is 32.0 Å². The zero-order valence-electron chi connectivity index (χ0n) is 16.0. The van der Waals surface area contributed by atoms with E-state index in [2.05, 4.69) is 15.8 Å². The van der Waals surface area contributed by atoms with Crippen molar-refractivity contribution in [1.29, 1.82) is 0 Å². The highest BCUT2D eigenvalue weighted by Gasteiger charge is 2.14. The lowest BCUT2D eigenvalue weighted by molar-refractivity contribution is -0.136. The number of phenolic OH excluding ortho intramolecular Hbond substituents is 1. The Morgan fingerprint density at radius 2 is 1.76 bits per heavy atom. The van der Waals surface area contributed by atoms with Crippen LogP contribution < -0.4 is 15.5 Å². The summed E-state index contributed by atoms with van der Waals surface area (Å²) in [5, 5.41) is 16.1. The third-order valence-corrected chi connectivity index (χ3v) is 3.56. The maximum atomic E-state index is 11.9. The summed E-state index contributed by atoms with van der Waals surface area (Å²) < 4.78 is 10.1. The quantitative estimate of drug-likeness (QED) is 0.283. The number of ether oxygens (including phenoxy) is 2. The Labute approximate surface area is 167 Å². The Bertz CT molecular complexity index is 909. The molecule has 0 spiro atoms. The molecule has 0 aliphatic carbocycles. The molecular formula is C20H21N3O6. The average molecular weight is 399 g/mol. The first-order valence-corrected chi connectivity index (χ1v) is 8.82. The maximum Gasteiger partial charge on any atom is 0.338 e. The maximum absolute atomic E-state index is 11.9. The van der Waals surface area contributed by atoms with Crippen LogP contribution in [0, 0.1) is 0 Å². The highest BCUT2D eigenvalue weighted by molar-refractivity contribution is 6.39. The standard InChI is InChI=1S/C20H21N3O6/c1-3-28-16-7-5-6-14(17(16)24)12-21-23-19(26)18(25)22-15-10-8-13(9-11-15)20(27)29-4-2/h5-12,24H,3-4H2,1-2H3,(H,22,25)(H,23,26)/b21-12+. The van der Waals surface area contributed by atoms with Gasteiger partial charge in [-0.05, 0) is 50.2 Å². The van der Waals surface area contributed by atoms with Crippen LogP contribution in [-0.2, 0) is 14.3 Å². The molecule has 2 aromatic rings. The molecule has 0 saturated carbocycles. The van der Waals surface area contributed by atoms with Crippen LogP contribution >= 0.6 is 0 Å². The summed E-state index contributed by atoms with van der Waals surface area (Å²) in [7, 11) is 0. The van der Waals surface area contributed by atoms with Crippen molar-refractivity contribution in [1.82, 2.24) is 5.43 Å². The molecule has 3 N–H and O–H groups in total. The summed E-state index contributed by atoms with van der Waals surface area (Å²) >= 11 is 0. The number of hydrazone groups is 1. The Morgan fingerprint density at radius 3 is 2.41 bits per heavy atom. The van der Waals surface area contributed by atoms with E-state index in [9.17, 15) is 19.5 Å². The smallest absolute Gasteiger partial charge is 0.338 e. The molecule has 0 heterocycles. The Kier molecular flexibility index (Phi) is 7.72. The van der Waals surface area contributed by atoms with Gasteiger partial charge in [-0.15, -0.1) is 0 Å². The third-order valence-electron chi connectivity index (χ3n) is 3.56. The van der Waals surface area contributed by atoms with E-state index < -0.39 is 17.8 Å². The molecule has 152 valence electrons. The number of amides is 2. The molecule has 0 aromatic heterocycles. The summed E-state index contributed by atoms with van der Waals surface area (Å²) in [5.41, 5.74) is 3.03. The molecular weight excluding hydrogens is 378 g/mol. The lowest BCUT2D eigenvalue weighted by Gasteiger charge is -2.07. The van der Waals surface area contributed by atoms with Crippen molar-refractivity contribution in [3.8, 4) is 11.5 Å². The fourth-order valence-electron chi connectivity index (χ4n) is 2.22. The number of hydrogen-bond donors (Lipinski definition) is 3. The number of para-hydroxylation sites is 1. The van der Waals surface area contributed by atoms with E-state index in [1.165, 1.54) is 30.5 Å². The minimum Gasteiger partial charge on any atom is -0.504 e. The van der Waals surface area contributed by atoms with Gasteiger partial charge in [-0.1, -0.05) is 6.07 Å². The molecule has 0 atom stereocenters. The topological polar surface area (TPSA) is 126 Å². The lowest BCUT2D eigenvalue weighted by Crippen LogP contribution is -2.32. The Morgan fingerprint density at radius 1 is 1.03 bits per heavy atom. The second kappa shape index (κ2) is 10.5. The summed E-state index contributed by atoms with van der Waals surface area (Å²) in [6.07, 6.45) is 1.19. The SMILES string of the molecule is CCOC(=O)c1ccc(NC(=O)C(=O)N/N=C/c2cccc(OCC)c2O)cc1. The van der Waals surface area contributed by atoms with Gasteiger partial charge >= 0.3 is 17.8 Å². The van der Waals surface area contributed by atoms with Crippen LogP contribution in [0.4, 0.5) is 5.69 Å². The van der Waals surface area contributed by atoms with Crippen molar-refractivity contribution < 1.29 is 29.0 Å². The molecule has 0 bridgehead atoms. The van der Waals surface area contributed by atoms with Gasteiger partial charge in [0.1, 0.15) is 0 Å². The molecule has 2 amide bonds. The number of rotatable bonds is 7. The fourth-order valence-corrected chi connectivity index (χ4v) is 2.22. The van der Waals surface area contributed by atoms with Crippen LogP contribution in [0.2, 0.25) is 0 Å². The molecule has 0 unspecified atom stereocenters. The van der Waals surface area contributed by atoms with Crippen LogP contribution in [0.25, 0.3) is 0 Å². The molecule has 0 radical (unpaired) electrons. The Hall–Kier alpha value is -3.88. The predicted octanol–water partition coefficient (Wildman–Crippen LogP) is 2.06. The summed E-state index contributed by atoms with van der Waals surface area (Å²) in [6.45, 7) is 4.12. The number of benzene rings is 2. The lowest BCUT2D eigenvalue weighted by atomic mass is 10.2. The second-order valence-corrected chi connectivity index (χ2v) is 5.58. The number of carbonyl (C=O) groups excluding carboxylic acids is 3. The van der Waals surface area contributed by atoms with Crippen molar-refractivity contribution in [2.24, 2.45) is 5.10 Å². The summed E-state index contributed by atoms with van der Waals surface area (Å²) in [4.78, 5) is 35.4. The van der Waals surface area contributed by atoms with E-state index in [1.807, 2.05) is 0 Å². The van der Waals surface area contributed by atoms with Crippen LogP contribution in [-0.4, -0.2) is 42.3 Å². The first-order valence-electron chi connectivity index (χ1n) is 8.82. The van der Waals surface area contributed by atoms with Crippen molar-refractivity contribution in [3.63, 3.8) is 0 Å². The van der Waals surface area contributed by atoms with Crippen molar-refractivity contribution >= 4 is 29.7 Å². The van der Waals surface area contributed by atoms with Crippen molar-refractivity contribution in [2.75, 3.05) is 18.5 Å². The number of hydrogen-bond acceptors (Lipinski definition) is 7. The molecule has 9 nitrogen and oxygen atoms in total. The largest absolute Gasteiger partial charge is 0.504 e. The van der Waals surface area contributed by atoms with E-state index >= 15 is 0 Å². The predicted molar refractivity (Wildman–Crippen MR) is 106 cm³/mol. The van der Waals surface area contributed by atoms with E-state index in [0.29, 0.717) is 23.4 Å². The highest BCUT2D eigenvalue weighted by atomic mass is 16.5. The fraction of sp³-hybridized carbons (Fsp3) is 0.200. The van der Waals surface area contributed by atoms with Gasteiger partial charge in [0.25, 0.3) is 0 Å². The number of nitrogens with one attached hydrogen (secondary N) is 2. The van der Waals surface area contributed by atoms with E-state index in [4.69, 9.17) is 9.47 Å². The third kappa shape index (κ3) is 6.06. The molecule has 0 saturated heterocycles. The zero-order chi connectivity index (χ0) is 21.2. The first-order chi connectivity index (χ1) is 14.0. The van der Waals surface area contributed by atoms with Gasteiger partial charge < -0.3 is 19.9 Å². The highest BCUT2D eigenvalue weighted by Crippen LogP contribution is 2.28. The van der Waals surface area contributed by atoms with Gasteiger partial charge in [0.2, 0.25) is 0 Å². The second-order valence-electron chi connectivity index (χ2n) is 5.58. The number of esters is 1. The Balaban J connectivity index is 1.92. The van der Waals surface area contributed by atoms with Crippen LogP contribution in [0.3, 0.4) is 0 Å². The van der Waals surface area contributed by atoms with Crippen LogP contribution in [0.1, 0.15) is 29.8 Å². The van der Waals surface area contributed by atoms with Gasteiger partial charge in [-0.3, -0.25) is 9.59 Å². The van der Waals surface area contributed by atoms with Crippen LogP contribution in [0.5, 0.6) is 11.5 Å². The molecule has 29 heavy (non-hydrogen) atoms. The van der Waals surface area contributed by atoms with Gasteiger partial charge in [-0.2, -0.15) is 5.10 Å². The van der Waals surface area contributed by atoms with Gasteiger partial charge in [-0.25, -0.2) is 10.2 Å². The first kappa shape index (κ1) is 21.4. The summed E-state index contributed by atoms with van der Waals surface area (Å²) in [6, 6.07) is 10.7. The molecule has 2 aromatic carbocycles. The van der Waals surface area contributed by atoms with Crippen LogP contribution in [0.15, 0.2) is 47.6 Å². The minimum absolute atomic E-state index is 0.126. The zero-order valence-corrected chi connectivity index (χ0v) is 16.0. The average Bonchev–Trinajstić information content (AvgIpc) is 2.71. The molecule has 2 rings (SSSR count). The van der Waals surface area contributed by atoms with Crippen molar-refractivity contribution in [2.45, 2.75) is 13.8 Å². The van der Waals surface area contributed by atoms with E-state index in [-0.39, 0.29) is 18.1 Å². The summed E-state index contributed by atoms with van der Waals surface area (Å²) in [5.74, 6) is -2.27. The number of nitrogens with zero attached hydrogens (tertiary/aromatic N) is 1. The normalized spacial score (nSPS) is 10.4. The van der Waals surface area contributed by atoms with E-state index in [0.717, 1.165) is 0 Å². The van der Waals surface area contributed by atoms with Crippen molar-refractivity contribution in [3.05, 3.63) is 53.6 Å². The number of phenols is 1. The molecule has 0 aliphatic heterocycles. The number of carbonyl (C=O) groups is 3. The monoisotopic (exact) mass is 399 g/mol.